The van der Waals surface area contributed by atoms with Gasteiger partial charge in [-0.15, -0.1) is 0 Å². The molecular weight excluding hydrogens is 376 g/mol. The van der Waals surface area contributed by atoms with Crippen molar-refractivity contribution in [2.45, 2.75) is 52.4 Å². The molecule has 2 rings (SSSR count). The molecule has 1 fully saturated rings. The molecule has 1 heterocycles. The zero-order valence-corrected chi connectivity index (χ0v) is 18.6. The average Bonchev–Trinajstić information content (AvgIpc) is 2.77. The van der Waals surface area contributed by atoms with Crippen LogP contribution in [0.15, 0.2) is 42.5 Å². The summed E-state index contributed by atoms with van der Waals surface area (Å²) in [4.78, 5) is 27.9. The number of carbonyl (C=O) groups excluding carboxylic acids is 2. The molecule has 1 aliphatic heterocycles. The fraction of sp³-hybridized carbons (Fsp3) is 0.520. The Morgan fingerprint density at radius 3 is 2.20 bits per heavy atom. The van der Waals surface area contributed by atoms with Crippen LogP contribution in [0.1, 0.15) is 57.9 Å². The number of unbranched alkanes of at least 4 members (excludes halogenated alkanes) is 5. The molecule has 1 aromatic carbocycles. The van der Waals surface area contributed by atoms with Gasteiger partial charge in [0.15, 0.2) is 0 Å². The smallest absolute Gasteiger partial charge is 0.249 e. The monoisotopic (exact) mass is 412 g/mol. The quantitative estimate of drug-likeness (QED) is 0.391. The largest absolute Gasteiger partial charge is 0.494 e. The number of hydrogen-bond donors (Lipinski definition) is 0. The number of amides is 2. The van der Waals surface area contributed by atoms with Crippen LogP contribution in [-0.4, -0.2) is 54.4 Å². The molecule has 5 nitrogen and oxygen atoms in total. The molecule has 0 aromatic heterocycles. The van der Waals surface area contributed by atoms with E-state index in [1.165, 1.54) is 32.1 Å². The number of hydrogen-bond acceptors (Lipinski definition) is 3. The molecule has 0 N–H and O–H groups in total. The first-order chi connectivity index (χ1) is 14.5. The molecular formula is C25H36N2O3. The maximum Gasteiger partial charge on any atom is 0.249 e. The van der Waals surface area contributed by atoms with Crippen molar-refractivity contribution < 1.29 is 14.3 Å². The van der Waals surface area contributed by atoms with E-state index < -0.39 is 0 Å². The van der Waals surface area contributed by atoms with E-state index in [0.29, 0.717) is 31.8 Å². The second kappa shape index (κ2) is 12.9. The van der Waals surface area contributed by atoms with Gasteiger partial charge in [0.2, 0.25) is 11.8 Å². The second-order valence-electron chi connectivity index (χ2n) is 7.92. The summed E-state index contributed by atoms with van der Waals surface area (Å²) in [7, 11) is 0. The molecule has 0 aliphatic carbocycles. The van der Waals surface area contributed by atoms with E-state index in [9.17, 15) is 9.59 Å². The van der Waals surface area contributed by atoms with E-state index in [2.05, 4.69) is 13.5 Å². The van der Waals surface area contributed by atoms with E-state index in [0.717, 1.165) is 24.3 Å². The molecule has 164 valence electrons. The molecule has 0 atom stereocenters. The molecule has 1 aliphatic rings. The fourth-order valence-electron chi connectivity index (χ4n) is 3.42. The highest BCUT2D eigenvalue weighted by Crippen LogP contribution is 2.15. The number of nitrogens with zero attached hydrogens (tertiary/aromatic N) is 2. The lowest BCUT2D eigenvalue weighted by Crippen LogP contribution is -2.50. The van der Waals surface area contributed by atoms with E-state index in [1.54, 1.807) is 22.8 Å². The first kappa shape index (κ1) is 23.7. The van der Waals surface area contributed by atoms with Crippen LogP contribution in [0.4, 0.5) is 0 Å². The van der Waals surface area contributed by atoms with Gasteiger partial charge in [-0.2, -0.15) is 0 Å². The SMILES string of the molecule is C=C(C)C(=O)N1CCN(C(=O)/C=C/c2ccc(OCCCCCCCC)cc2)CC1. The summed E-state index contributed by atoms with van der Waals surface area (Å²) in [6, 6.07) is 7.82. The van der Waals surface area contributed by atoms with Gasteiger partial charge in [0.05, 0.1) is 6.61 Å². The van der Waals surface area contributed by atoms with Gasteiger partial charge in [0, 0.05) is 37.8 Å². The lowest BCUT2D eigenvalue weighted by molar-refractivity contribution is -0.134. The van der Waals surface area contributed by atoms with Crippen molar-refractivity contribution in [3.63, 3.8) is 0 Å². The van der Waals surface area contributed by atoms with E-state index >= 15 is 0 Å². The highest BCUT2D eigenvalue weighted by atomic mass is 16.5. The van der Waals surface area contributed by atoms with Crippen LogP contribution >= 0.6 is 0 Å². The minimum absolute atomic E-state index is 0.0270. The summed E-state index contributed by atoms with van der Waals surface area (Å²) in [5.74, 6) is 0.808. The van der Waals surface area contributed by atoms with E-state index in [4.69, 9.17) is 4.74 Å². The van der Waals surface area contributed by atoms with Gasteiger partial charge in [-0.25, -0.2) is 0 Å². The number of piperazine rings is 1. The molecule has 0 radical (unpaired) electrons. The lowest BCUT2D eigenvalue weighted by atomic mass is 10.1. The average molecular weight is 413 g/mol. The fourth-order valence-corrected chi connectivity index (χ4v) is 3.42. The predicted octanol–water partition coefficient (Wildman–Crippen LogP) is 4.69. The van der Waals surface area contributed by atoms with Gasteiger partial charge in [0.1, 0.15) is 5.75 Å². The standard InChI is InChI=1S/C25H36N2O3/c1-4-5-6-7-8-9-20-30-23-13-10-22(11-14-23)12-15-24(28)26-16-18-27(19-17-26)25(29)21(2)3/h10-15H,2,4-9,16-20H2,1,3H3/b15-12+. The van der Waals surface area contributed by atoms with Crippen molar-refractivity contribution in [1.29, 1.82) is 0 Å². The number of carbonyl (C=O) groups is 2. The van der Waals surface area contributed by atoms with Crippen LogP contribution < -0.4 is 4.74 Å². The van der Waals surface area contributed by atoms with Crippen LogP contribution in [0.3, 0.4) is 0 Å². The Labute approximate surface area is 181 Å². The van der Waals surface area contributed by atoms with E-state index in [1.807, 2.05) is 30.3 Å². The van der Waals surface area contributed by atoms with Crippen LogP contribution in [0, 0.1) is 0 Å². The van der Waals surface area contributed by atoms with Gasteiger partial charge >= 0.3 is 0 Å². The molecule has 0 bridgehead atoms. The predicted molar refractivity (Wildman–Crippen MR) is 122 cm³/mol. The molecule has 30 heavy (non-hydrogen) atoms. The minimum atomic E-state index is -0.0311. The zero-order chi connectivity index (χ0) is 21.8. The highest BCUT2D eigenvalue weighted by molar-refractivity contribution is 5.93. The van der Waals surface area contributed by atoms with Gasteiger partial charge < -0.3 is 14.5 Å². The van der Waals surface area contributed by atoms with Crippen LogP contribution in [0.5, 0.6) is 5.75 Å². The minimum Gasteiger partial charge on any atom is -0.494 e. The van der Waals surface area contributed by atoms with Crippen molar-refractivity contribution in [3.05, 3.63) is 48.1 Å². The molecule has 0 spiro atoms. The number of benzene rings is 1. The molecule has 0 unspecified atom stereocenters. The van der Waals surface area contributed by atoms with Gasteiger partial charge in [-0.05, 0) is 37.1 Å². The van der Waals surface area contributed by atoms with Crippen molar-refractivity contribution in [3.8, 4) is 5.75 Å². The van der Waals surface area contributed by atoms with Crippen molar-refractivity contribution in [2.75, 3.05) is 32.8 Å². The van der Waals surface area contributed by atoms with Crippen molar-refractivity contribution in [1.82, 2.24) is 9.80 Å². The third-order valence-electron chi connectivity index (χ3n) is 5.31. The Balaban J connectivity index is 1.70. The van der Waals surface area contributed by atoms with Crippen molar-refractivity contribution >= 4 is 17.9 Å². The Morgan fingerprint density at radius 2 is 1.57 bits per heavy atom. The first-order valence-corrected chi connectivity index (χ1v) is 11.2. The maximum atomic E-state index is 12.4. The summed E-state index contributed by atoms with van der Waals surface area (Å²) in [6.45, 7) is 10.6. The van der Waals surface area contributed by atoms with Gasteiger partial charge in [-0.3, -0.25) is 9.59 Å². The summed E-state index contributed by atoms with van der Waals surface area (Å²) < 4.78 is 5.80. The molecule has 2 amide bonds. The molecule has 1 saturated heterocycles. The highest BCUT2D eigenvalue weighted by Gasteiger charge is 2.23. The molecule has 0 saturated carbocycles. The second-order valence-corrected chi connectivity index (χ2v) is 7.92. The number of ether oxygens (including phenoxy) is 1. The zero-order valence-electron chi connectivity index (χ0n) is 18.6. The third kappa shape index (κ3) is 8.05. The Kier molecular flexibility index (Phi) is 10.2. The third-order valence-corrected chi connectivity index (χ3v) is 5.31. The van der Waals surface area contributed by atoms with Gasteiger partial charge in [0.25, 0.3) is 0 Å². The van der Waals surface area contributed by atoms with Crippen LogP contribution in [-0.2, 0) is 9.59 Å². The van der Waals surface area contributed by atoms with E-state index in [-0.39, 0.29) is 11.8 Å². The Morgan fingerprint density at radius 1 is 0.967 bits per heavy atom. The summed E-state index contributed by atoms with van der Waals surface area (Å²) >= 11 is 0. The molecule has 5 heteroatoms. The summed E-state index contributed by atoms with van der Waals surface area (Å²) in [5.41, 5.74) is 1.50. The normalized spacial score (nSPS) is 14.2. The Bertz CT molecular complexity index is 716. The summed E-state index contributed by atoms with van der Waals surface area (Å²) in [6.07, 6.45) is 10.9. The molecule has 1 aromatic rings. The van der Waals surface area contributed by atoms with Gasteiger partial charge in [-0.1, -0.05) is 57.7 Å². The van der Waals surface area contributed by atoms with Crippen LogP contribution in [0.2, 0.25) is 0 Å². The summed E-state index contributed by atoms with van der Waals surface area (Å²) in [5, 5.41) is 0. The van der Waals surface area contributed by atoms with Crippen LogP contribution in [0.25, 0.3) is 6.08 Å². The Hall–Kier alpha value is -2.56. The lowest BCUT2D eigenvalue weighted by Gasteiger charge is -2.34. The number of rotatable bonds is 11. The maximum absolute atomic E-state index is 12.4. The first-order valence-electron chi connectivity index (χ1n) is 11.2. The topological polar surface area (TPSA) is 49.9 Å². The van der Waals surface area contributed by atoms with Crippen molar-refractivity contribution in [2.24, 2.45) is 0 Å².